The van der Waals surface area contributed by atoms with Crippen molar-refractivity contribution in [3.05, 3.63) is 39.0 Å². The number of aromatic nitrogens is 4. The molecule has 0 saturated heterocycles. The fourth-order valence-corrected chi connectivity index (χ4v) is 4.32. The SMILES string of the molecule is CCCCN(C(=O)CSc1nc2ccc(OCC)cc2[nH]1)c1c(N)n(CC(C)C)c(=O)[nH]c1=O. The van der Waals surface area contributed by atoms with E-state index in [2.05, 4.69) is 15.0 Å². The number of hydrogen-bond donors (Lipinski definition) is 3. The Bertz CT molecular complexity index is 1260. The van der Waals surface area contributed by atoms with E-state index in [1.54, 1.807) is 0 Å². The molecule has 0 radical (unpaired) electrons. The van der Waals surface area contributed by atoms with Crippen LogP contribution in [0.1, 0.15) is 40.5 Å². The van der Waals surface area contributed by atoms with Gasteiger partial charge in [0.1, 0.15) is 11.6 Å². The highest BCUT2D eigenvalue weighted by molar-refractivity contribution is 7.99. The fourth-order valence-electron chi connectivity index (χ4n) is 3.56. The van der Waals surface area contributed by atoms with Crippen LogP contribution < -0.4 is 26.6 Å². The van der Waals surface area contributed by atoms with Crippen LogP contribution in [-0.2, 0) is 11.3 Å². The number of benzene rings is 1. The molecule has 3 aromatic rings. The van der Waals surface area contributed by atoms with Gasteiger partial charge in [-0.05, 0) is 31.4 Å². The molecule has 3 rings (SSSR count). The molecular weight excluding hydrogens is 456 g/mol. The maximum atomic E-state index is 13.2. The van der Waals surface area contributed by atoms with E-state index >= 15 is 0 Å². The van der Waals surface area contributed by atoms with Crippen molar-refractivity contribution in [1.82, 2.24) is 19.5 Å². The lowest BCUT2D eigenvalue weighted by atomic mass is 10.2. The molecule has 184 valence electrons. The molecule has 0 aliphatic heterocycles. The normalized spacial score (nSPS) is 11.3. The molecule has 0 saturated carbocycles. The molecule has 0 fully saturated rings. The Labute approximate surface area is 201 Å². The summed E-state index contributed by atoms with van der Waals surface area (Å²) in [7, 11) is 0. The summed E-state index contributed by atoms with van der Waals surface area (Å²) in [6, 6.07) is 5.57. The number of anilines is 2. The molecule has 0 bridgehead atoms. The smallest absolute Gasteiger partial charge is 0.330 e. The zero-order chi connectivity index (χ0) is 24.8. The summed E-state index contributed by atoms with van der Waals surface area (Å²) in [6.45, 7) is 9.02. The average Bonchev–Trinajstić information content (AvgIpc) is 3.19. The van der Waals surface area contributed by atoms with Crippen molar-refractivity contribution in [3.63, 3.8) is 0 Å². The van der Waals surface area contributed by atoms with Crippen molar-refractivity contribution >= 4 is 40.2 Å². The number of nitrogen functional groups attached to an aromatic ring is 1. The third-order valence-corrected chi connectivity index (χ3v) is 6.00. The molecule has 34 heavy (non-hydrogen) atoms. The van der Waals surface area contributed by atoms with Gasteiger partial charge in [0.2, 0.25) is 5.91 Å². The number of hydrogen-bond acceptors (Lipinski definition) is 7. The van der Waals surface area contributed by atoms with Crippen LogP contribution in [0.4, 0.5) is 11.5 Å². The quantitative estimate of drug-likeness (QED) is 0.353. The van der Waals surface area contributed by atoms with Gasteiger partial charge in [0.05, 0.1) is 23.4 Å². The number of rotatable bonds is 11. The second-order valence-electron chi connectivity index (χ2n) is 8.34. The van der Waals surface area contributed by atoms with Crippen LogP contribution in [0.5, 0.6) is 5.75 Å². The molecule has 0 aliphatic carbocycles. The van der Waals surface area contributed by atoms with Crippen molar-refractivity contribution in [2.24, 2.45) is 5.92 Å². The lowest BCUT2D eigenvalue weighted by Gasteiger charge is -2.24. The summed E-state index contributed by atoms with van der Waals surface area (Å²) in [6.07, 6.45) is 1.51. The highest BCUT2D eigenvalue weighted by Gasteiger charge is 2.24. The number of H-pyrrole nitrogens is 2. The predicted molar refractivity (Wildman–Crippen MR) is 136 cm³/mol. The Morgan fingerprint density at radius 1 is 1.26 bits per heavy atom. The molecule has 11 heteroatoms. The zero-order valence-electron chi connectivity index (χ0n) is 20.0. The predicted octanol–water partition coefficient (Wildman–Crippen LogP) is 2.98. The number of ether oxygens (including phenoxy) is 1. The first-order chi connectivity index (χ1) is 16.2. The van der Waals surface area contributed by atoms with Crippen molar-refractivity contribution in [1.29, 1.82) is 0 Å². The molecule has 4 N–H and O–H groups in total. The van der Waals surface area contributed by atoms with Crippen LogP contribution >= 0.6 is 11.8 Å². The Balaban J connectivity index is 1.86. The molecule has 2 aromatic heterocycles. The minimum Gasteiger partial charge on any atom is -0.494 e. The second kappa shape index (κ2) is 11.3. The Kier molecular flexibility index (Phi) is 8.43. The van der Waals surface area contributed by atoms with Gasteiger partial charge in [0.15, 0.2) is 10.8 Å². The standard InChI is InChI=1S/C23H32N6O4S/c1-5-7-10-28(19-20(24)29(12-14(3)4)23(32)27-21(19)31)18(30)13-34-22-25-16-9-8-15(33-6-2)11-17(16)26-22/h8-9,11,14H,5-7,10,12-13,24H2,1-4H3,(H,25,26)(H,27,31,32). The number of carbonyl (C=O) groups is 1. The maximum Gasteiger partial charge on any atom is 0.330 e. The summed E-state index contributed by atoms with van der Waals surface area (Å²) >= 11 is 1.24. The van der Waals surface area contributed by atoms with Crippen LogP contribution in [-0.4, -0.2) is 44.3 Å². The van der Waals surface area contributed by atoms with Gasteiger partial charge in [0.25, 0.3) is 5.56 Å². The Morgan fingerprint density at radius 3 is 2.71 bits per heavy atom. The van der Waals surface area contributed by atoms with Crippen LogP contribution in [0.25, 0.3) is 11.0 Å². The Hall–Kier alpha value is -3.21. The summed E-state index contributed by atoms with van der Waals surface area (Å²) in [5.41, 5.74) is 6.61. The van der Waals surface area contributed by atoms with E-state index < -0.39 is 11.2 Å². The van der Waals surface area contributed by atoms with Crippen molar-refractivity contribution < 1.29 is 9.53 Å². The van der Waals surface area contributed by atoms with Gasteiger partial charge >= 0.3 is 5.69 Å². The monoisotopic (exact) mass is 488 g/mol. The van der Waals surface area contributed by atoms with Crippen LogP contribution in [0.15, 0.2) is 32.9 Å². The van der Waals surface area contributed by atoms with Gasteiger partial charge in [-0.15, -0.1) is 0 Å². The molecule has 0 unspecified atom stereocenters. The minimum absolute atomic E-state index is 0.00379. The molecule has 0 spiro atoms. The number of carbonyl (C=O) groups excluding carboxylic acids is 1. The van der Waals surface area contributed by atoms with Gasteiger partial charge in [-0.2, -0.15) is 0 Å². The summed E-state index contributed by atoms with van der Waals surface area (Å²) in [5, 5.41) is 0.582. The summed E-state index contributed by atoms with van der Waals surface area (Å²) < 4.78 is 6.84. The number of aromatic amines is 2. The highest BCUT2D eigenvalue weighted by Crippen LogP contribution is 2.25. The summed E-state index contributed by atoms with van der Waals surface area (Å²) in [5.74, 6) is 0.628. The maximum absolute atomic E-state index is 13.2. The summed E-state index contributed by atoms with van der Waals surface area (Å²) in [4.78, 5) is 49.7. The number of fused-ring (bicyclic) bond motifs is 1. The van der Waals surface area contributed by atoms with Crippen molar-refractivity contribution in [2.75, 3.05) is 29.5 Å². The molecule has 10 nitrogen and oxygen atoms in total. The van der Waals surface area contributed by atoms with Crippen LogP contribution in [0.2, 0.25) is 0 Å². The first-order valence-electron chi connectivity index (χ1n) is 11.4. The molecule has 2 heterocycles. The van der Waals surface area contributed by atoms with Crippen LogP contribution in [0, 0.1) is 5.92 Å². The number of amides is 1. The number of nitrogens with zero attached hydrogens (tertiary/aromatic N) is 3. The van der Waals surface area contributed by atoms with E-state index in [0.29, 0.717) is 31.3 Å². The first-order valence-corrected chi connectivity index (χ1v) is 12.4. The van der Waals surface area contributed by atoms with Gasteiger partial charge in [-0.3, -0.25) is 19.1 Å². The third-order valence-electron chi connectivity index (χ3n) is 5.14. The van der Waals surface area contributed by atoms with Gasteiger partial charge in [-0.1, -0.05) is 39.0 Å². The minimum atomic E-state index is -0.663. The molecule has 1 amide bonds. The molecule has 0 atom stereocenters. The average molecular weight is 489 g/mol. The van der Waals surface area contributed by atoms with E-state index in [-0.39, 0.29) is 29.1 Å². The number of unbranched alkanes of at least 4 members (excludes halogenated alkanes) is 1. The molecule has 0 aliphatic rings. The van der Waals surface area contributed by atoms with E-state index in [1.807, 2.05) is 45.9 Å². The molecular formula is C23H32N6O4S. The van der Waals surface area contributed by atoms with Gasteiger partial charge in [0, 0.05) is 19.2 Å². The fraction of sp³-hybridized carbons (Fsp3) is 0.478. The lowest BCUT2D eigenvalue weighted by Crippen LogP contribution is -2.42. The topological polar surface area (TPSA) is 139 Å². The van der Waals surface area contributed by atoms with E-state index in [0.717, 1.165) is 23.2 Å². The van der Waals surface area contributed by atoms with E-state index in [9.17, 15) is 14.4 Å². The van der Waals surface area contributed by atoms with Crippen molar-refractivity contribution in [2.45, 2.75) is 52.2 Å². The zero-order valence-corrected chi connectivity index (χ0v) is 20.8. The lowest BCUT2D eigenvalue weighted by molar-refractivity contribution is -0.116. The first kappa shape index (κ1) is 25.4. The van der Waals surface area contributed by atoms with Crippen molar-refractivity contribution in [3.8, 4) is 5.75 Å². The van der Waals surface area contributed by atoms with Gasteiger partial charge in [-0.25, -0.2) is 9.78 Å². The Morgan fingerprint density at radius 2 is 2.03 bits per heavy atom. The number of nitrogens with two attached hydrogens (primary N) is 1. The number of imidazole rings is 1. The highest BCUT2D eigenvalue weighted by atomic mass is 32.2. The molecule has 1 aromatic carbocycles. The van der Waals surface area contributed by atoms with Gasteiger partial charge < -0.3 is 20.4 Å². The van der Waals surface area contributed by atoms with E-state index in [4.69, 9.17) is 10.5 Å². The third kappa shape index (κ3) is 5.82. The van der Waals surface area contributed by atoms with Crippen LogP contribution in [0.3, 0.4) is 0 Å². The largest absolute Gasteiger partial charge is 0.494 e. The number of thioether (sulfide) groups is 1. The van der Waals surface area contributed by atoms with E-state index in [1.165, 1.54) is 21.2 Å². The second-order valence-corrected chi connectivity index (χ2v) is 9.30. The number of nitrogens with one attached hydrogen (secondary N) is 2.